The molecule has 1 rings (SSSR count). The quantitative estimate of drug-likeness (QED) is 0.774. The minimum atomic E-state index is -0.205. The summed E-state index contributed by atoms with van der Waals surface area (Å²) in [6, 6.07) is 0.0157. The molecule has 1 heterocycles. The number of aromatic nitrogens is 2. The monoisotopic (exact) mass is 253 g/mol. The average Bonchev–Trinajstić information content (AvgIpc) is 2.83. The fourth-order valence-corrected chi connectivity index (χ4v) is 2.50. The van der Waals surface area contributed by atoms with Crippen LogP contribution in [0.2, 0.25) is 0 Å². The topological polar surface area (TPSA) is 53.1 Å². The first-order chi connectivity index (χ1) is 8.61. The van der Waals surface area contributed by atoms with Gasteiger partial charge in [0, 0.05) is 25.4 Å². The van der Waals surface area contributed by atoms with Crippen molar-refractivity contribution in [1.29, 1.82) is 0 Å². The van der Waals surface area contributed by atoms with Crippen molar-refractivity contribution in [1.82, 2.24) is 9.78 Å². The Balaban J connectivity index is 2.74. The number of nitrogens with two attached hydrogens (primary N) is 1. The van der Waals surface area contributed by atoms with Crippen LogP contribution in [-0.4, -0.2) is 28.0 Å². The van der Waals surface area contributed by atoms with Gasteiger partial charge in [0.25, 0.3) is 0 Å². The molecule has 1 unspecified atom stereocenters. The third-order valence-corrected chi connectivity index (χ3v) is 3.77. The summed E-state index contributed by atoms with van der Waals surface area (Å²) in [5.74, 6) is 0. The normalized spacial score (nSPS) is 13.8. The molecule has 1 atom stereocenters. The van der Waals surface area contributed by atoms with Gasteiger partial charge in [-0.25, -0.2) is 0 Å². The molecule has 0 saturated carbocycles. The second kappa shape index (κ2) is 6.90. The summed E-state index contributed by atoms with van der Waals surface area (Å²) in [6.07, 6.45) is 6.69. The van der Waals surface area contributed by atoms with Crippen molar-refractivity contribution in [2.45, 2.75) is 65.1 Å². The zero-order valence-electron chi connectivity index (χ0n) is 12.1. The van der Waals surface area contributed by atoms with Gasteiger partial charge in [-0.2, -0.15) is 5.10 Å². The number of hydrogen-bond donors (Lipinski definition) is 1. The van der Waals surface area contributed by atoms with Crippen LogP contribution in [-0.2, 0) is 17.7 Å². The Morgan fingerprint density at radius 2 is 2.00 bits per heavy atom. The van der Waals surface area contributed by atoms with Gasteiger partial charge in [0.1, 0.15) is 0 Å². The molecule has 0 bridgehead atoms. The molecule has 0 amide bonds. The predicted molar refractivity (Wildman–Crippen MR) is 74.5 cm³/mol. The van der Waals surface area contributed by atoms with E-state index in [2.05, 4.69) is 32.1 Å². The second-order valence-electron chi connectivity index (χ2n) is 4.72. The van der Waals surface area contributed by atoms with Crippen LogP contribution < -0.4 is 5.73 Å². The minimum Gasteiger partial charge on any atom is -0.374 e. The molecule has 0 aliphatic rings. The van der Waals surface area contributed by atoms with Crippen molar-refractivity contribution in [2.24, 2.45) is 5.73 Å². The summed E-state index contributed by atoms with van der Waals surface area (Å²) >= 11 is 0. The van der Waals surface area contributed by atoms with Crippen LogP contribution in [0.1, 0.15) is 46.1 Å². The maximum atomic E-state index is 6.38. The van der Waals surface area contributed by atoms with Crippen LogP contribution in [0.5, 0.6) is 0 Å². The smallest absolute Gasteiger partial charge is 0.0830 e. The van der Waals surface area contributed by atoms with E-state index in [1.807, 2.05) is 17.8 Å². The SMILES string of the molecule is CCOC(CC)(CC)C(N)Cc1cnn(CC)c1. The molecule has 0 fully saturated rings. The number of aryl methyl sites for hydroxylation is 1. The van der Waals surface area contributed by atoms with Gasteiger partial charge in [0.05, 0.1) is 11.8 Å². The molecule has 0 spiro atoms. The van der Waals surface area contributed by atoms with E-state index >= 15 is 0 Å². The zero-order chi connectivity index (χ0) is 13.6. The molecule has 4 nitrogen and oxygen atoms in total. The van der Waals surface area contributed by atoms with Crippen LogP contribution >= 0.6 is 0 Å². The Morgan fingerprint density at radius 1 is 1.33 bits per heavy atom. The lowest BCUT2D eigenvalue weighted by Gasteiger charge is -2.37. The van der Waals surface area contributed by atoms with Gasteiger partial charge in [-0.05, 0) is 38.7 Å². The summed E-state index contributed by atoms with van der Waals surface area (Å²) in [4.78, 5) is 0. The lowest BCUT2D eigenvalue weighted by molar-refractivity contribution is -0.0633. The van der Waals surface area contributed by atoms with Crippen LogP contribution in [0.15, 0.2) is 12.4 Å². The van der Waals surface area contributed by atoms with E-state index in [4.69, 9.17) is 10.5 Å². The van der Waals surface area contributed by atoms with E-state index < -0.39 is 0 Å². The molecule has 1 aromatic heterocycles. The maximum Gasteiger partial charge on any atom is 0.0830 e. The van der Waals surface area contributed by atoms with E-state index in [1.165, 1.54) is 5.56 Å². The summed E-state index contributed by atoms with van der Waals surface area (Å²) < 4.78 is 7.88. The minimum absolute atomic E-state index is 0.0157. The van der Waals surface area contributed by atoms with Crippen molar-refractivity contribution < 1.29 is 4.74 Å². The first-order valence-electron chi connectivity index (χ1n) is 7.02. The Labute approximate surface area is 111 Å². The van der Waals surface area contributed by atoms with Gasteiger partial charge in [-0.1, -0.05) is 13.8 Å². The van der Waals surface area contributed by atoms with Crippen LogP contribution in [0, 0.1) is 0 Å². The molecular weight excluding hydrogens is 226 g/mol. The van der Waals surface area contributed by atoms with Crippen LogP contribution in [0.4, 0.5) is 0 Å². The van der Waals surface area contributed by atoms with E-state index in [0.29, 0.717) is 6.61 Å². The summed E-state index contributed by atoms with van der Waals surface area (Å²) in [5.41, 5.74) is 7.37. The fourth-order valence-electron chi connectivity index (χ4n) is 2.50. The van der Waals surface area contributed by atoms with Crippen molar-refractivity contribution in [3.63, 3.8) is 0 Å². The first-order valence-corrected chi connectivity index (χ1v) is 7.02. The highest BCUT2D eigenvalue weighted by atomic mass is 16.5. The van der Waals surface area contributed by atoms with Gasteiger partial charge in [-0.15, -0.1) is 0 Å². The van der Waals surface area contributed by atoms with E-state index in [0.717, 1.165) is 25.8 Å². The maximum absolute atomic E-state index is 6.38. The van der Waals surface area contributed by atoms with E-state index in [1.54, 1.807) is 0 Å². The van der Waals surface area contributed by atoms with Gasteiger partial charge >= 0.3 is 0 Å². The standard InChI is InChI=1S/C14H27N3O/c1-5-14(6-2,18-8-4)13(15)9-12-10-16-17(7-3)11-12/h10-11,13H,5-9,15H2,1-4H3. The summed E-state index contributed by atoms with van der Waals surface area (Å²) in [6.45, 7) is 10.0. The highest BCUT2D eigenvalue weighted by Crippen LogP contribution is 2.26. The molecule has 0 aromatic carbocycles. The fraction of sp³-hybridized carbons (Fsp3) is 0.786. The number of hydrogen-bond acceptors (Lipinski definition) is 3. The lowest BCUT2D eigenvalue weighted by Crippen LogP contribution is -2.50. The number of ether oxygens (including phenoxy) is 1. The second-order valence-corrected chi connectivity index (χ2v) is 4.72. The van der Waals surface area contributed by atoms with Crippen molar-refractivity contribution in [3.05, 3.63) is 18.0 Å². The molecule has 0 aliphatic heterocycles. The molecule has 0 radical (unpaired) electrons. The number of nitrogens with zero attached hydrogens (tertiary/aromatic N) is 2. The molecule has 104 valence electrons. The summed E-state index contributed by atoms with van der Waals surface area (Å²) in [5, 5.41) is 4.29. The van der Waals surface area contributed by atoms with Gasteiger partial charge in [0.2, 0.25) is 0 Å². The van der Waals surface area contributed by atoms with Crippen molar-refractivity contribution >= 4 is 0 Å². The van der Waals surface area contributed by atoms with Gasteiger partial charge in [0.15, 0.2) is 0 Å². The Bertz CT molecular complexity index is 345. The van der Waals surface area contributed by atoms with E-state index in [-0.39, 0.29) is 11.6 Å². The largest absolute Gasteiger partial charge is 0.374 e. The van der Waals surface area contributed by atoms with E-state index in [9.17, 15) is 0 Å². The third-order valence-electron chi connectivity index (χ3n) is 3.77. The molecule has 1 aromatic rings. The first kappa shape index (κ1) is 15.2. The molecule has 4 heteroatoms. The number of rotatable bonds is 8. The Hall–Kier alpha value is -0.870. The zero-order valence-corrected chi connectivity index (χ0v) is 12.1. The van der Waals surface area contributed by atoms with Gasteiger partial charge in [-0.3, -0.25) is 4.68 Å². The Morgan fingerprint density at radius 3 is 2.44 bits per heavy atom. The molecule has 0 saturated heterocycles. The van der Waals surface area contributed by atoms with Crippen molar-refractivity contribution in [3.8, 4) is 0 Å². The highest BCUT2D eigenvalue weighted by Gasteiger charge is 2.34. The molecule has 18 heavy (non-hydrogen) atoms. The third kappa shape index (κ3) is 3.33. The predicted octanol–water partition coefficient (Wildman–Crippen LogP) is 2.37. The molecule has 2 N–H and O–H groups in total. The lowest BCUT2D eigenvalue weighted by atomic mass is 9.85. The Kier molecular flexibility index (Phi) is 5.82. The van der Waals surface area contributed by atoms with Crippen LogP contribution in [0.3, 0.4) is 0 Å². The molecule has 0 aliphatic carbocycles. The highest BCUT2D eigenvalue weighted by molar-refractivity contribution is 5.09. The van der Waals surface area contributed by atoms with Gasteiger partial charge < -0.3 is 10.5 Å². The molecular formula is C14H27N3O. The van der Waals surface area contributed by atoms with Crippen molar-refractivity contribution in [2.75, 3.05) is 6.61 Å². The van der Waals surface area contributed by atoms with Crippen LogP contribution in [0.25, 0.3) is 0 Å². The summed E-state index contributed by atoms with van der Waals surface area (Å²) in [7, 11) is 0. The average molecular weight is 253 g/mol.